The van der Waals surface area contributed by atoms with E-state index < -0.39 is 54.3 Å². The van der Waals surface area contributed by atoms with Gasteiger partial charge in [0.1, 0.15) is 24.4 Å². The van der Waals surface area contributed by atoms with Crippen molar-refractivity contribution in [2.75, 3.05) is 0 Å². The Morgan fingerprint density at radius 2 is 1.54 bits per heavy atom. The Morgan fingerprint density at radius 3 is 2.15 bits per heavy atom. The monoisotopic (exact) mass is 577 g/mol. The number of carbonyl (C=O) groups excluding carboxylic acids is 4. The first kappa shape index (κ1) is 35.9. The van der Waals surface area contributed by atoms with E-state index in [4.69, 9.17) is 24.7 Å². The van der Waals surface area contributed by atoms with E-state index in [1.807, 2.05) is 32.1 Å². The Hall–Kier alpha value is -3.10. The molecule has 1 rings (SSSR count). The van der Waals surface area contributed by atoms with Crippen molar-refractivity contribution >= 4 is 24.0 Å². The van der Waals surface area contributed by atoms with Gasteiger partial charge in [0.05, 0.1) is 5.92 Å². The molecular formula is C32H51NO8. The number of hydrogen-bond acceptors (Lipinski definition) is 8. The van der Waals surface area contributed by atoms with E-state index in [1.165, 1.54) is 13.8 Å². The second-order valence-corrected chi connectivity index (χ2v) is 11.3. The molecule has 0 aromatic rings. The first-order valence-electron chi connectivity index (χ1n) is 14.8. The van der Waals surface area contributed by atoms with Gasteiger partial charge in [0.15, 0.2) is 0 Å². The zero-order valence-corrected chi connectivity index (χ0v) is 25.9. The van der Waals surface area contributed by atoms with Crippen molar-refractivity contribution in [3.63, 3.8) is 0 Å². The SMILES string of the molecule is CC/C=C/C(C)=C/C1CC(C)C/C=C/CCC(OC(C)=O)C(OC(N)=O)CCC(C)CC(OC(C)=O)C(C)C(=O)O1. The summed E-state index contributed by atoms with van der Waals surface area (Å²) in [5.74, 6) is -1.88. The fraction of sp³-hybridized carbons (Fsp3) is 0.688. The molecule has 0 saturated heterocycles. The zero-order valence-electron chi connectivity index (χ0n) is 25.9. The normalized spacial score (nSPS) is 30.4. The van der Waals surface area contributed by atoms with Crippen LogP contribution in [0.3, 0.4) is 0 Å². The van der Waals surface area contributed by atoms with Crippen LogP contribution in [0, 0.1) is 17.8 Å². The number of nitrogens with two attached hydrogens (primary N) is 1. The molecular weight excluding hydrogens is 526 g/mol. The molecule has 1 amide bonds. The third kappa shape index (κ3) is 15.5. The van der Waals surface area contributed by atoms with Gasteiger partial charge >= 0.3 is 24.0 Å². The van der Waals surface area contributed by atoms with Crippen molar-refractivity contribution < 1.29 is 38.1 Å². The fourth-order valence-electron chi connectivity index (χ4n) is 4.95. The lowest BCUT2D eigenvalue weighted by molar-refractivity contribution is -0.163. The van der Waals surface area contributed by atoms with Gasteiger partial charge in [0, 0.05) is 13.8 Å². The van der Waals surface area contributed by atoms with Gasteiger partial charge in [-0.25, -0.2) is 4.79 Å². The van der Waals surface area contributed by atoms with Crippen molar-refractivity contribution in [1.82, 2.24) is 0 Å². The van der Waals surface area contributed by atoms with E-state index >= 15 is 0 Å². The van der Waals surface area contributed by atoms with Gasteiger partial charge in [-0.3, -0.25) is 14.4 Å². The molecule has 0 radical (unpaired) electrons. The minimum absolute atomic E-state index is 0.0255. The lowest BCUT2D eigenvalue weighted by atomic mass is 9.89. The molecule has 0 aliphatic carbocycles. The number of ether oxygens (including phenoxy) is 4. The Morgan fingerprint density at radius 1 is 0.902 bits per heavy atom. The molecule has 0 fully saturated rings. The summed E-state index contributed by atoms with van der Waals surface area (Å²) in [6, 6.07) is 0. The largest absolute Gasteiger partial charge is 0.462 e. The second kappa shape index (κ2) is 19.1. The molecule has 232 valence electrons. The van der Waals surface area contributed by atoms with Crippen molar-refractivity contribution in [1.29, 1.82) is 0 Å². The summed E-state index contributed by atoms with van der Waals surface area (Å²) >= 11 is 0. The molecule has 9 heteroatoms. The van der Waals surface area contributed by atoms with Gasteiger partial charge in [-0.05, 0) is 83.1 Å². The van der Waals surface area contributed by atoms with E-state index in [1.54, 1.807) is 6.92 Å². The zero-order chi connectivity index (χ0) is 30.9. The van der Waals surface area contributed by atoms with Crippen LogP contribution in [0.25, 0.3) is 0 Å². The maximum Gasteiger partial charge on any atom is 0.404 e. The van der Waals surface area contributed by atoms with Crippen LogP contribution >= 0.6 is 0 Å². The molecule has 0 aromatic heterocycles. The topological polar surface area (TPSA) is 131 Å². The van der Waals surface area contributed by atoms with E-state index in [0.717, 1.165) is 18.4 Å². The quantitative estimate of drug-likeness (QED) is 0.167. The number of primary amides is 1. The van der Waals surface area contributed by atoms with E-state index in [9.17, 15) is 19.2 Å². The van der Waals surface area contributed by atoms with Crippen LogP contribution in [-0.4, -0.2) is 48.4 Å². The number of rotatable bonds is 6. The highest BCUT2D eigenvalue weighted by atomic mass is 16.6. The summed E-state index contributed by atoms with van der Waals surface area (Å²) in [7, 11) is 0. The predicted molar refractivity (Wildman–Crippen MR) is 158 cm³/mol. The Labute approximate surface area is 245 Å². The van der Waals surface area contributed by atoms with Gasteiger partial charge in [0.2, 0.25) is 0 Å². The molecule has 0 spiro atoms. The molecule has 9 nitrogen and oxygen atoms in total. The summed E-state index contributed by atoms with van der Waals surface area (Å²) in [6.07, 6.45) is 11.4. The van der Waals surface area contributed by atoms with E-state index in [0.29, 0.717) is 38.5 Å². The van der Waals surface area contributed by atoms with Crippen molar-refractivity contribution in [3.05, 3.63) is 36.0 Å². The number of amides is 1. The van der Waals surface area contributed by atoms with Crippen molar-refractivity contribution in [2.45, 2.75) is 124 Å². The Bertz CT molecular complexity index is 940. The van der Waals surface area contributed by atoms with Crippen LogP contribution in [0.4, 0.5) is 4.79 Å². The van der Waals surface area contributed by atoms with Gasteiger partial charge < -0.3 is 24.7 Å². The third-order valence-electron chi connectivity index (χ3n) is 7.12. The molecule has 1 aliphatic rings. The number of allylic oxidation sites excluding steroid dienone is 5. The predicted octanol–water partition coefficient (Wildman–Crippen LogP) is 6.35. The van der Waals surface area contributed by atoms with Crippen molar-refractivity contribution in [3.8, 4) is 0 Å². The molecule has 7 unspecified atom stereocenters. The molecule has 41 heavy (non-hydrogen) atoms. The minimum atomic E-state index is -0.940. The first-order valence-corrected chi connectivity index (χ1v) is 14.8. The lowest BCUT2D eigenvalue weighted by Gasteiger charge is -2.29. The molecule has 0 saturated carbocycles. The van der Waals surface area contributed by atoms with Crippen LogP contribution in [-0.2, 0) is 33.3 Å². The number of hydrogen-bond donors (Lipinski definition) is 1. The number of carbonyl (C=O) groups is 4. The van der Waals surface area contributed by atoms with Gasteiger partial charge in [-0.1, -0.05) is 50.6 Å². The maximum atomic E-state index is 13.3. The fourth-order valence-corrected chi connectivity index (χ4v) is 4.95. The lowest BCUT2D eigenvalue weighted by Crippen LogP contribution is -2.37. The highest BCUT2D eigenvalue weighted by molar-refractivity contribution is 5.74. The molecule has 1 heterocycles. The number of cyclic esters (lactones) is 1. The highest BCUT2D eigenvalue weighted by Gasteiger charge is 2.33. The van der Waals surface area contributed by atoms with E-state index in [-0.39, 0.29) is 11.8 Å². The standard InChI is InChI=1S/C32H51NO8/c1-8-9-13-21(2)18-27-19-22(3)14-11-10-12-15-28(38-25(6)34)29(41-32(33)37)17-16-23(4)20-30(39-26(7)35)24(5)31(36)40-27/h9-11,13,18,22-24,27-30H,8,12,14-17,19-20H2,1-7H3,(H2,33,37)/b11-10+,13-9+,21-18+. The molecule has 1 aliphatic heterocycles. The number of esters is 3. The Balaban J connectivity index is 3.35. The smallest absolute Gasteiger partial charge is 0.404 e. The Kier molecular flexibility index (Phi) is 16.7. The van der Waals surface area contributed by atoms with Gasteiger partial charge in [-0.2, -0.15) is 0 Å². The van der Waals surface area contributed by atoms with Crippen LogP contribution in [0.1, 0.15) is 99.8 Å². The van der Waals surface area contributed by atoms with E-state index in [2.05, 4.69) is 26.0 Å². The van der Waals surface area contributed by atoms with Crippen LogP contribution in [0.5, 0.6) is 0 Å². The summed E-state index contributed by atoms with van der Waals surface area (Å²) in [4.78, 5) is 48.8. The summed E-state index contributed by atoms with van der Waals surface area (Å²) < 4.78 is 22.5. The molecule has 0 bridgehead atoms. The first-order chi connectivity index (χ1) is 19.3. The molecule has 0 aromatic carbocycles. The van der Waals surface area contributed by atoms with Gasteiger partial charge in [0.25, 0.3) is 0 Å². The second-order valence-electron chi connectivity index (χ2n) is 11.3. The highest BCUT2D eigenvalue weighted by Crippen LogP contribution is 2.27. The minimum Gasteiger partial charge on any atom is -0.462 e. The maximum absolute atomic E-state index is 13.3. The average Bonchev–Trinajstić information content (AvgIpc) is 2.86. The summed E-state index contributed by atoms with van der Waals surface area (Å²) in [5.41, 5.74) is 6.35. The van der Waals surface area contributed by atoms with Crippen LogP contribution < -0.4 is 5.73 Å². The van der Waals surface area contributed by atoms with Crippen molar-refractivity contribution in [2.24, 2.45) is 23.5 Å². The molecule has 2 N–H and O–H groups in total. The summed E-state index contributed by atoms with van der Waals surface area (Å²) in [6.45, 7) is 12.5. The molecule has 7 atom stereocenters. The van der Waals surface area contributed by atoms with Crippen LogP contribution in [0.15, 0.2) is 36.0 Å². The van der Waals surface area contributed by atoms with Gasteiger partial charge in [-0.15, -0.1) is 0 Å². The summed E-state index contributed by atoms with van der Waals surface area (Å²) in [5, 5.41) is 0. The average molecular weight is 578 g/mol. The third-order valence-corrected chi connectivity index (χ3v) is 7.12. The van der Waals surface area contributed by atoms with Crippen LogP contribution in [0.2, 0.25) is 0 Å².